The van der Waals surface area contributed by atoms with Crippen LogP contribution in [0.1, 0.15) is 12.8 Å². The summed E-state index contributed by atoms with van der Waals surface area (Å²) in [6.45, 7) is 1.21. The molecule has 30 heavy (non-hydrogen) atoms. The molecule has 1 amide bonds. The summed E-state index contributed by atoms with van der Waals surface area (Å²) in [4.78, 5) is 24.4. The molecule has 1 aromatic carbocycles. The Morgan fingerprint density at radius 1 is 1.43 bits per heavy atom. The third kappa shape index (κ3) is 3.46. The third-order valence-corrected chi connectivity index (χ3v) is 5.32. The maximum Gasteiger partial charge on any atom is 0.413 e. The van der Waals surface area contributed by atoms with Gasteiger partial charge in [0.2, 0.25) is 0 Å². The first-order valence-corrected chi connectivity index (χ1v) is 9.99. The lowest BCUT2D eigenvalue weighted by atomic mass is 10.1. The smallest absolute Gasteiger partial charge is 0.406 e. The van der Waals surface area contributed by atoms with Crippen molar-refractivity contribution >= 4 is 39.8 Å². The first kappa shape index (κ1) is 18.8. The topological polar surface area (TPSA) is 107 Å². The number of aromatic amines is 1. The summed E-state index contributed by atoms with van der Waals surface area (Å²) in [7, 11) is 1.85. The van der Waals surface area contributed by atoms with Gasteiger partial charge in [-0.2, -0.15) is 5.10 Å². The number of hydrogen-bond donors (Lipinski definition) is 2. The Balaban J connectivity index is 1.45. The van der Waals surface area contributed by atoms with Crippen LogP contribution in [0.25, 0.3) is 33.5 Å². The van der Waals surface area contributed by atoms with Crippen LogP contribution >= 0.6 is 11.6 Å². The van der Waals surface area contributed by atoms with E-state index in [9.17, 15) is 4.79 Å². The molecule has 4 aromatic rings. The third-order valence-electron chi connectivity index (χ3n) is 5.09. The first-order chi connectivity index (χ1) is 14.6. The highest BCUT2D eigenvalue weighted by Crippen LogP contribution is 2.30. The predicted molar refractivity (Wildman–Crippen MR) is 112 cm³/mol. The fourth-order valence-corrected chi connectivity index (χ4v) is 3.80. The predicted octanol–water partition coefficient (Wildman–Crippen LogP) is 3.43. The number of aromatic nitrogens is 5. The number of amides is 1. The molecule has 3 aromatic heterocycles. The van der Waals surface area contributed by atoms with Crippen LogP contribution < -0.4 is 10.1 Å². The zero-order valence-corrected chi connectivity index (χ0v) is 16.9. The van der Waals surface area contributed by atoms with Gasteiger partial charge >= 0.3 is 6.09 Å². The van der Waals surface area contributed by atoms with Crippen LogP contribution in [0.2, 0.25) is 5.02 Å². The Labute approximate surface area is 176 Å². The highest BCUT2D eigenvalue weighted by atomic mass is 35.5. The molecule has 1 fully saturated rings. The van der Waals surface area contributed by atoms with E-state index in [4.69, 9.17) is 21.1 Å². The van der Waals surface area contributed by atoms with E-state index < -0.39 is 6.09 Å². The van der Waals surface area contributed by atoms with Gasteiger partial charge in [0.25, 0.3) is 0 Å². The number of halogens is 1. The van der Waals surface area contributed by atoms with E-state index >= 15 is 0 Å². The molecule has 9 nitrogen and oxygen atoms in total. The highest BCUT2D eigenvalue weighted by molar-refractivity contribution is 6.31. The summed E-state index contributed by atoms with van der Waals surface area (Å²) in [5.74, 6) is 0.303. The minimum Gasteiger partial charge on any atom is -0.406 e. The van der Waals surface area contributed by atoms with E-state index in [2.05, 4.69) is 25.4 Å². The van der Waals surface area contributed by atoms with Crippen LogP contribution in [0.4, 0.5) is 4.79 Å². The summed E-state index contributed by atoms with van der Waals surface area (Å²) < 4.78 is 12.6. The van der Waals surface area contributed by atoms with Gasteiger partial charge < -0.3 is 19.8 Å². The van der Waals surface area contributed by atoms with Crippen molar-refractivity contribution in [2.24, 2.45) is 7.05 Å². The van der Waals surface area contributed by atoms with Crippen molar-refractivity contribution in [1.82, 2.24) is 30.0 Å². The molecule has 4 heterocycles. The summed E-state index contributed by atoms with van der Waals surface area (Å²) in [5.41, 5.74) is 3.11. The standard InChI is InChI=1S/C20H19ClN6O3/c1-27-15-7-11(21)4-5-13(15)17(26-27)14-8-22-19-18(25-14)16(9-23-19)30-20(28)24-12-3-2-6-29-10-12/h4-5,7-9,12H,2-3,6,10H2,1H3,(H,22,23)(H,24,28)/t12-/m0/s1. The second-order valence-corrected chi connectivity index (χ2v) is 7.62. The molecule has 154 valence electrons. The van der Waals surface area contributed by atoms with Crippen LogP contribution in [0.3, 0.4) is 0 Å². The molecule has 5 rings (SSSR count). The lowest BCUT2D eigenvalue weighted by molar-refractivity contribution is 0.0703. The Hall–Kier alpha value is -3.17. The summed E-state index contributed by atoms with van der Waals surface area (Å²) in [6.07, 6.45) is 4.44. The van der Waals surface area contributed by atoms with Crippen molar-refractivity contribution in [3.63, 3.8) is 0 Å². The monoisotopic (exact) mass is 426 g/mol. The molecule has 0 bridgehead atoms. The van der Waals surface area contributed by atoms with Crippen molar-refractivity contribution in [1.29, 1.82) is 0 Å². The second kappa shape index (κ2) is 7.58. The Bertz CT molecular complexity index is 1240. The van der Waals surface area contributed by atoms with E-state index in [1.807, 2.05) is 25.2 Å². The van der Waals surface area contributed by atoms with E-state index in [1.54, 1.807) is 17.1 Å². The lowest BCUT2D eigenvalue weighted by Gasteiger charge is -2.22. The quantitative estimate of drug-likeness (QED) is 0.519. The minimum absolute atomic E-state index is 0.0511. The molecule has 1 aliphatic heterocycles. The number of carbonyl (C=O) groups excluding carboxylic acids is 1. The van der Waals surface area contributed by atoms with Gasteiger partial charge in [-0.05, 0) is 31.0 Å². The Kier molecular flexibility index (Phi) is 4.76. The fourth-order valence-electron chi connectivity index (χ4n) is 3.63. The number of carbonyl (C=O) groups is 1. The van der Waals surface area contributed by atoms with Crippen LogP contribution in [-0.2, 0) is 11.8 Å². The maximum atomic E-state index is 12.3. The van der Waals surface area contributed by atoms with Crippen LogP contribution in [0, 0.1) is 0 Å². The van der Waals surface area contributed by atoms with Gasteiger partial charge in [0.15, 0.2) is 16.9 Å². The number of H-pyrrole nitrogens is 1. The zero-order valence-electron chi connectivity index (χ0n) is 16.2. The number of rotatable bonds is 3. The van der Waals surface area contributed by atoms with Gasteiger partial charge in [0.05, 0.1) is 24.4 Å². The van der Waals surface area contributed by atoms with E-state index in [-0.39, 0.29) is 6.04 Å². The molecule has 0 spiro atoms. The van der Waals surface area contributed by atoms with E-state index in [0.29, 0.717) is 39.9 Å². The molecule has 0 aliphatic carbocycles. The average Bonchev–Trinajstić information content (AvgIpc) is 3.29. The molecular formula is C20H19ClN6O3. The van der Waals surface area contributed by atoms with Crippen LogP contribution in [0.15, 0.2) is 30.6 Å². The van der Waals surface area contributed by atoms with Gasteiger partial charge in [-0.1, -0.05) is 11.6 Å². The first-order valence-electron chi connectivity index (χ1n) is 9.61. The average molecular weight is 427 g/mol. The van der Waals surface area contributed by atoms with Gasteiger partial charge in [0.1, 0.15) is 11.4 Å². The summed E-state index contributed by atoms with van der Waals surface area (Å²) >= 11 is 6.11. The normalized spacial score (nSPS) is 16.8. The van der Waals surface area contributed by atoms with Gasteiger partial charge in [0, 0.05) is 30.3 Å². The molecule has 1 atom stereocenters. The fraction of sp³-hybridized carbons (Fsp3) is 0.300. The number of aryl methyl sites for hydroxylation is 1. The number of nitrogens with one attached hydrogen (secondary N) is 2. The molecular weight excluding hydrogens is 408 g/mol. The van der Waals surface area contributed by atoms with Gasteiger partial charge in [-0.25, -0.2) is 14.8 Å². The number of fused-ring (bicyclic) bond motifs is 2. The molecule has 10 heteroatoms. The molecule has 0 saturated carbocycles. The Morgan fingerprint density at radius 2 is 2.33 bits per heavy atom. The van der Waals surface area contributed by atoms with E-state index in [1.165, 1.54) is 0 Å². The molecule has 1 saturated heterocycles. The van der Waals surface area contributed by atoms with Crippen molar-refractivity contribution in [3.8, 4) is 17.1 Å². The van der Waals surface area contributed by atoms with Crippen LogP contribution in [-0.4, -0.2) is 50.1 Å². The van der Waals surface area contributed by atoms with Crippen LogP contribution in [0.5, 0.6) is 5.75 Å². The zero-order chi connectivity index (χ0) is 20.7. The second-order valence-electron chi connectivity index (χ2n) is 7.19. The van der Waals surface area contributed by atoms with E-state index in [0.717, 1.165) is 30.4 Å². The van der Waals surface area contributed by atoms with Crippen molar-refractivity contribution < 1.29 is 14.3 Å². The number of hydrogen-bond acceptors (Lipinski definition) is 6. The maximum absolute atomic E-state index is 12.3. The largest absolute Gasteiger partial charge is 0.413 e. The van der Waals surface area contributed by atoms with Crippen molar-refractivity contribution in [2.45, 2.75) is 18.9 Å². The number of ether oxygens (including phenoxy) is 2. The number of benzene rings is 1. The molecule has 1 aliphatic rings. The van der Waals surface area contributed by atoms with Crippen molar-refractivity contribution in [3.05, 3.63) is 35.6 Å². The molecule has 0 radical (unpaired) electrons. The molecule has 0 unspecified atom stereocenters. The summed E-state index contributed by atoms with van der Waals surface area (Å²) in [5, 5.41) is 8.94. The minimum atomic E-state index is -0.545. The number of nitrogens with zero attached hydrogens (tertiary/aromatic N) is 4. The molecule has 2 N–H and O–H groups in total. The van der Waals surface area contributed by atoms with Gasteiger partial charge in [-0.3, -0.25) is 4.68 Å². The highest BCUT2D eigenvalue weighted by Gasteiger charge is 2.20. The lowest BCUT2D eigenvalue weighted by Crippen LogP contribution is -2.42. The van der Waals surface area contributed by atoms with Gasteiger partial charge in [-0.15, -0.1) is 0 Å². The Morgan fingerprint density at radius 3 is 3.17 bits per heavy atom. The SMILES string of the molecule is Cn1nc(-c2cnc3[nH]cc(OC(=O)N[C@H]4CCCOC4)c3n2)c2ccc(Cl)cc21. The summed E-state index contributed by atoms with van der Waals surface area (Å²) in [6, 6.07) is 5.51. The van der Waals surface area contributed by atoms with Crippen molar-refractivity contribution in [2.75, 3.05) is 13.2 Å².